The maximum Gasteiger partial charge on any atom is 0.306 e. The van der Waals surface area contributed by atoms with E-state index in [1.165, 1.54) is 24.8 Å². The van der Waals surface area contributed by atoms with Crippen molar-refractivity contribution in [1.82, 2.24) is 0 Å². The number of rotatable bonds is 9. The lowest BCUT2D eigenvalue weighted by atomic mass is 9.45. The molecular weight excluding hydrogens is 424 g/mol. The van der Waals surface area contributed by atoms with E-state index in [0.29, 0.717) is 29.5 Å². The quantitative estimate of drug-likeness (QED) is 0.351. The maximum absolute atomic E-state index is 12.1. The normalized spacial score (nSPS) is 35.5. The van der Waals surface area contributed by atoms with Gasteiger partial charge >= 0.3 is 5.97 Å². The monoisotopic (exact) mass is 474 g/mol. The highest BCUT2D eigenvalue weighted by Gasteiger charge is 2.55. The number of carboxylic acids is 1. The van der Waals surface area contributed by atoms with E-state index in [1.807, 2.05) is 13.7 Å². The first-order valence-electron chi connectivity index (χ1n) is 13.8. The Labute approximate surface area is 208 Å². The molecule has 2 fully saturated rings. The minimum atomic E-state index is -0.632. The van der Waals surface area contributed by atoms with Crippen molar-refractivity contribution in [2.75, 3.05) is 0 Å². The van der Waals surface area contributed by atoms with Crippen LogP contribution in [-0.4, -0.2) is 23.6 Å². The molecule has 8 unspecified atom stereocenters. The van der Waals surface area contributed by atoms with Crippen molar-refractivity contribution in [2.24, 2.45) is 46.3 Å². The average Bonchev–Trinajstić information content (AvgIpc) is 2.82. The number of hydrogen-bond acceptors (Lipinski definition) is 3. The molecule has 2 saturated carbocycles. The Morgan fingerprint density at radius 2 is 1.85 bits per heavy atom. The fraction of sp³-hybridized carbons (Fsp3) is 0.833. The van der Waals surface area contributed by atoms with Crippen LogP contribution in [-0.2, 0) is 14.4 Å². The average molecular weight is 475 g/mol. The molecule has 0 radical (unpaired) electrons. The summed E-state index contributed by atoms with van der Waals surface area (Å²) >= 11 is 0. The van der Waals surface area contributed by atoms with E-state index in [0.717, 1.165) is 62.7 Å². The molecule has 0 aromatic rings. The highest BCUT2D eigenvalue weighted by Crippen LogP contribution is 2.63. The molecule has 8 atom stereocenters. The van der Waals surface area contributed by atoms with Gasteiger partial charge in [0, 0.05) is 12.8 Å². The first-order chi connectivity index (χ1) is 16.1. The molecule has 0 aliphatic heterocycles. The van der Waals surface area contributed by atoms with E-state index in [9.17, 15) is 14.7 Å². The second-order valence-corrected chi connectivity index (χ2v) is 12.1. The van der Waals surface area contributed by atoms with Crippen molar-refractivity contribution in [3.8, 4) is 0 Å². The van der Waals surface area contributed by atoms with Gasteiger partial charge in [-0.25, -0.2) is 0 Å². The first-order valence-corrected chi connectivity index (χ1v) is 13.8. The zero-order chi connectivity index (χ0) is 25.7. The van der Waals surface area contributed by atoms with Crippen molar-refractivity contribution < 1.29 is 19.5 Å². The fourth-order valence-electron chi connectivity index (χ4n) is 8.25. The summed E-state index contributed by atoms with van der Waals surface area (Å²) in [4.78, 5) is 31.5. The number of ketones is 1. The van der Waals surface area contributed by atoms with Gasteiger partial charge in [-0.1, -0.05) is 72.5 Å². The third-order valence-corrected chi connectivity index (χ3v) is 10.8. The molecule has 3 aliphatic carbocycles. The predicted octanol–water partition coefficient (Wildman–Crippen LogP) is 7.50. The maximum atomic E-state index is 12.1. The molecule has 0 bridgehead atoms. The fourth-order valence-corrected chi connectivity index (χ4v) is 8.25. The molecule has 1 N–H and O–H groups in total. The van der Waals surface area contributed by atoms with Gasteiger partial charge in [0.1, 0.15) is 12.6 Å². The third-order valence-electron chi connectivity index (χ3n) is 10.8. The lowest BCUT2D eigenvalue weighted by Gasteiger charge is -2.60. The Kier molecular flexibility index (Phi) is 10.2. The Morgan fingerprint density at radius 3 is 2.44 bits per heavy atom. The van der Waals surface area contributed by atoms with Crippen LogP contribution in [0, 0.1) is 46.3 Å². The molecule has 4 nitrogen and oxygen atoms in total. The van der Waals surface area contributed by atoms with Crippen LogP contribution in [0.1, 0.15) is 112 Å². The smallest absolute Gasteiger partial charge is 0.306 e. The Morgan fingerprint density at radius 1 is 1.18 bits per heavy atom. The van der Waals surface area contributed by atoms with Crippen LogP contribution in [0.25, 0.3) is 0 Å². The van der Waals surface area contributed by atoms with Crippen LogP contribution >= 0.6 is 0 Å². The number of hydrogen-bond donors (Lipinski definition) is 1. The van der Waals surface area contributed by atoms with Crippen LogP contribution in [0.3, 0.4) is 0 Å². The molecule has 0 aromatic carbocycles. The third kappa shape index (κ3) is 5.51. The van der Waals surface area contributed by atoms with Gasteiger partial charge < -0.3 is 9.90 Å². The minimum absolute atomic E-state index is 0.182. The molecule has 0 amide bonds. The van der Waals surface area contributed by atoms with E-state index >= 15 is 0 Å². The highest BCUT2D eigenvalue weighted by atomic mass is 16.4. The number of carbonyl (C=O) groups excluding carboxylic acids is 2. The molecule has 0 aromatic heterocycles. The van der Waals surface area contributed by atoms with Gasteiger partial charge in [0.25, 0.3) is 0 Å². The van der Waals surface area contributed by atoms with Crippen molar-refractivity contribution in [3.05, 3.63) is 11.6 Å². The Bertz CT molecular complexity index is 742. The number of aliphatic carboxylic acids is 1. The van der Waals surface area contributed by atoms with Crippen LogP contribution < -0.4 is 0 Å². The Hall–Kier alpha value is -1.45. The molecule has 3 rings (SSSR count). The molecule has 34 heavy (non-hydrogen) atoms. The van der Waals surface area contributed by atoms with Crippen molar-refractivity contribution >= 4 is 18.5 Å². The molecule has 0 spiro atoms. The second kappa shape index (κ2) is 12.0. The summed E-state index contributed by atoms with van der Waals surface area (Å²) in [5, 5.41) is 9.36. The molecule has 194 valence electrons. The van der Waals surface area contributed by atoms with Crippen molar-refractivity contribution in [2.45, 2.75) is 112 Å². The summed E-state index contributed by atoms with van der Waals surface area (Å²) in [5.41, 5.74) is 2.05. The van der Waals surface area contributed by atoms with E-state index in [2.05, 4.69) is 40.7 Å². The number of allylic oxidation sites excluding steroid dienone is 2. The van der Waals surface area contributed by atoms with Gasteiger partial charge in [-0.3, -0.25) is 9.59 Å². The summed E-state index contributed by atoms with van der Waals surface area (Å²) in [7, 11) is 0. The minimum Gasteiger partial charge on any atom is -0.481 e. The van der Waals surface area contributed by atoms with Crippen molar-refractivity contribution in [3.63, 3.8) is 0 Å². The van der Waals surface area contributed by atoms with E-state index < -0.39 is 5.97 Å². The van der Waals surface area contributed by atoms with Gasteiger partial charge in [0.2, 0.25) is 0 Å². The molecule has 3 aliphatic rings. The van der Waals surface area contributed by atoms with Crippen LogP contribution in [0.15, 0.2) is 11.6 Å². The summed E-state index contributed by atoms with van der Waals surface area (Å²) < 4.78 is 0. The van der Waals surface area contributed by atoms with E-state index in [1.54, 1.807) is 0 Å². The number of carboxylic acid groups (broad SMARTS) is 1. The summed E-state index contributed by atoms with van der Waals surface area (Å²) in [6, 6.07) is 0. The van der Waals surface area contributed by atoms with Crippen LogP contribution in [0.2, 0.25) is 0 Å². The van der Waals surface area contributed by atoms with Crippen LogP contribution in [0.4, 0.5) is 0 Å². The van der Waals surface area contributed by atoms with Crippen molar-refractivity contribution in [1.29, 1.82) is 0 Å². The van der Waals surface area contributed by atoms with Gasteiger partial charge in [0.15, 0.2) is 0 Å². The highest BCUT2D eigenvalue weighted by molar-refractivity contribution is 5.82. The van der Waals surface area contributed by atoms with E-state index in [-0.39, 0.29) is 11.3 Å². The summed E-state index contributed by atoms with van der Waals surface area (Å²) in [5.74, 6) is 3.09. The first kappa shape index (κ1) is 28.8. The molecule has 0 saturated heterocycles. The lowest BCUT2D eigenvalue weighted by Crippen LogP contribution is -2.52. The van der Waals surface area contributed by atoms with Crippen LogP contribution in [0.5, 0.6) is 0 Å². The largest absolute Gasteiger partial charge is 0.481 e. The summed E-state index contributed by atoms with van der Waals surface area (Å²) in [6.07, 6.45) is 13.7. The second-order valence-electron chi connectivity index (χ2n) is 12.1. The van der Waals surface area contributed by atoms with Gasteiger partial charge in [-0.15, -0.1) is 0 Å². The van der Waals surface area contributed by atoms with E-state index in [4.69, 9.17) is 4.79 Å². The SMILES string of the molecule is C=O.CCC(CCCC(C)C(C)C1(C)CCC2C(CC=C3CC(=O)CCC32C)C1CC)C(=O)O. The predicted molar refractivity (Wildman–Crippen MR) is 138 cm³/mol. The molecular formula is C30H50O4. The standard InChI is InChI=1S/C29H48O3.CH2O/c1-7-21(27(31)32)11-9-10-19(3)20(4)28(5)17-15-26-24(25(28)8-2)13-12-22-18-23(30)14-16-29(22,26)6;1-2/h12,19-21,24-26H,7-11,13-18H2,1-6H3,(H,31,32);1H2. The molecule has 0 heterocycles. The zero-order valence-corrected chi connectivity index (χ0v) is 22.7. The lowest BCUT2D eigenvalue weighted by molar-refractivity contribution is -0.142. The zero-order valence-electron chi connectivity index (χ0n) is 22.7. The summed E-state index contributed by atoms with van der Waals surface area (Å²) in [6.45, 7) is 16.3. The number of fused-ring (bicyclic) bond motifs is 3. The van der Waals surface area contributed by atoms with Gasteiger partial charge in [-0.2, -0.15) is 0 Å². The number of carbonyl (C=O) groups is 3. The number of Topliss-reactive ketones (excluding diaryl/α,β-unsaturated/α-hetero) is 1. The topological polar surface area (TPSA) is 71.4 Å². The Balaban J connectivity index is 0.00000199. The van der Waals surface area contributed by atoms with Gasteiger partial charge in [-0.05, 0) is 78.9 Å². The molecule has 4 heteroatoms. The van der Waals surface area contributed by atoms with Gasteiger partial charge in [0.05, 0.1) is 5.92 Å².